The molecule has 0 saturated carbocycles. The summed E-state index contributed by atoms with van der Waals surface area (Å²) in [5.74, 6) is 0.411. The Morgan fingerprint density at radius 3 is 2.30 bits per heavy atom. The third kappa shape index (κ3) is 4.91. The highest BCUT2D eigenvalue weighted by Crippen LogP contribution is 2.16. The van der Waals surface area contributed by atoms with E-state index in [0.717, 1.165) is 17.5 Å². The molecular weight excluding hydrogens is 338 g/mol. The number of aryl methyl sites for hydroxylation is 1. The second kappa shape index (κ2) is 8.94. The van der Waals surface area contributed by atoms with Crippen molar-refractivity contribution in [1.82, 2.24) is 14.9 Å². The van der Waals surface area contributed by atoms with Crippen molar-refractivity contribution in [2.24, 2.45) is 0 Å². The van der Waals surface area contributed by atoms with E-state index in [-0.39, 0.29) is 5.91 Å². The fourth-order valence-corrected chi connectivity index (χ4v) is 2.82. The van der Waals surface area contributed by atoms with E-state index < -0.39 is 0 Å². The van der Waals surface area contributed by atoms with E-state index in [9.17, 15) is 4.79 Å². The normalized spacial score (nSPS) is 10.4. The van der Waals surface area contributed by atoms with Crippen LogP contribution < -0.4 is 4.74 Å². The van der Waals surface area contributed by atoms with Crippen LogP contribution in [0.2, 0.25) is 0 Å². The first-order valence-electron chi connectivity index (χ1n) is 8.95. The van der Waals surface area contributed by atoms with Crippen LogP contribution in [0.15, 0.2) is 67.1 Å². The van der Waals surface area contributed by atoms with E-state index in [4.69, 9.17) is 4.74 Å². The molecule has 1 aromatic carbocycles. The molecule has 0 atom stereocenters. The van der Waals surface area contributed by atoms with Crippen LogP contribution in [0.4, 0.5) is 0 Å². The molecule has 27 heavy (non-hydrogen) atoms. The number of benzene rings is 1. The zero-order valence-corrected chi connectivity index (χ0v) is 15.6. The highest BCUT2D eigenvalue weighted by atomic mass is 16.5. The third-order valence-corrected chi connectivity index (χ3v) is 4.38. The summed E-state index contributed by atoms with van der Waals surface area (Å²) in [6.45, 7) is 3.13. The molecule has 0 bridgehead atoms. The smallest absolute Gasteiger partial charge is 0.256 e. The molecule has 5 nitrogen and oxygen atoms in total. The number of hydrogen-bond donors (Lipinski definition) is 0. The number of pyridine rings is 2. The Labute approximate surface area is 159 Å². The van der Waals surface area contributed by atoms with Crippen molar-refractivity contribution in [3.05, 3.63) is 89.4 Å². The number of rotatable bonds is 7. The van der Waals surface area contributed by atoms with Crippen LogP contribution in [0.25, 0.3) is 0 Å². The molecule has 2 heterocycles. The molecule has 138 valence electrons. The Kier molecular flexibility index (Phi) is 6.15. The molecule has 0 saturated heterocycles. The van der Waals surface area contributed by atoms with Crippen molar-refractivity contribution in [1.29, 1.82) is 0 Å². The van der Waals surface area contributed by atoms with Gasteiger partial charge < -0.3 is 9.64 Å². The number of amides is 1. The molecule has 0 unspecified atom stereocenters. The van der Waals surface area contributed by atoms with Gasteiger partial charge in [-0.2, -0.15) is 0 Å². The zero-order valence-electron chi connectivity index (χ0n) is 15.6. The third-order valence-electron chi connectivity index (χ3n) is 4.38. The first kappa shape index (κ1) is 18.6. The second-order valence-electron chi connectivity index (χ2n) is 6.28. The molecule has 0 spiro atoms. The van der Waals surface area contributed by atoms with Gasteiger partial charge in [-0.25, -0.2) is 4.98 Å². The van der Waals surface area contributed by atoms with Gasteiger partial charge in [0.1, 0.15) is 0 Å². The lowest BCUT2D eigenvalue weighted by Crippen LogP contribution is -2.30. The summed E-state index contributed by atoms with van der Waals surface area (Å²) in [6, 6.07) is 15.7. The van der Waals surface area contributed by atoms with E-state index in [1.54, 1.807) is 42.7 Å². The van der Waals surface area contributed by atoms with Crippen molar-refractivity contribution in [3.8, 4) is 5.88 Å². The standard InChI is InChI=1S/C22H23N3O2/c1-3-17-6-8-18(9-7-17)15-25(16-19-5-4-12-23-13-19)22(26)20-10-11-21(27-2)24-14-20/h4-14H,3,15-16H2,1-2H3. The Balaban J connectivity index is 1.84. The molecule has 3 aromatic rings. The van der Waals surface area contributed by atoms with Crippen LogP contribution in [0.1, 0.15) is 34.0 Å². The highest BCUT2D eigenvalue weighted by Gasteiger charge is 2.17. The summed E-state index contributed by atoms with van der Waals surface area (Å²) in [5.41, 5.74) is 3.89. The molecule has 0 aliphatic carbocycles. The minimum absolute atomic E-state index is 0.0754. The number of carbonyl (C=O) groups is 1. The van der Waals surface area contributed by atoms with Gasteiger partial charge in [-0.3, -0.25) is 9.78 Å². The van der Waals surface area contributed by atoms with Gasteiger partial charge in [0.25, 0.3) is 5.91 Å². The maximum Gasteiger partial charge on any atom is 0.256 e. The molecule has 5 heteroatoms. The Bertz CT molecular complexity index is 862. The molecule has 2 aromatic heterocycles. The van der Waals surface area contributed by atoms with E-state index in [1.165, 1.54) is 5.56 Å². The fourth-order valence-electron chi connectivity index (χ4n) is 2.82. The molecule has 1 amide bonds. The molecule has 0 N–H and O–H groups in total. The van der Waals surface area contributed by atoms with Crippen LogP contribution in [-0.2, 0) is 19.5 Å². The first-order chi connectivity index (χ1) is 13.2. The van der Waals surface area contributed by atoms with Crippen LogP contribution in [0.3, 0.4) is 0 Å². The Morgan fingerprint density at radius 1 is 0.963 bits per heavy atom. The number of hydrogen-bond acceptors (Lipinski definition) is 4. The van der Waals surface area contributed by atoms with E-state index >= 15 is 0 Å². The predicted molar refractivity (Wildman–Crippen MR) is 104 cm³/mol. The quantitative estimate of drug-likeness (QED) is 0.641. The molecular formula is C22H23N3O2. The summed E-state index contributed by atoms with van der Waals surface area (Å²) in [6.07, 6.45) is 6.06. The lowest BCUT2D eigenvalue weighted by molar-refractivity contribution is 0.0729. The number of nitrogens with zero attached hydrogens (tertiary/aromatic N) is 3. The van der Waals surface area contributed by atoms with E-state index in [1.807, 2.05) is 12.1 Å². The minimum Gasteiger partial charge on any atom is -0.481 e. The lowest BCUT2D eigenvalue weighted by Gasteiger charge is -2.23. The van der Waals surface area contributed by atoms with Crippen molar-refractivity contribution >= 4 is 5.91 Å². The van der Waals surface area contributed by atoms with Gasteiger partial charge in [0.2, 0.25) is 5.88 Å². The lowest BCUT2D eigenvalue weighted by atomic mass is 10.1. The van der Waals surface area contributed by atoms with Crippen molar-refractivity contribution < 1.29 is 9.53 Å². The first-order valence-corrected chi connectivity index (χ1v) is 8.95. The molecule has 3 rings (SSSR count). The van der Waals surface area contributed by atoms with Crippen LogP contribution in [0, 0.1) is 0 Å². The van der Waals surface area contributed by atoms with Gasteiger partial charge in [0.15, 0.2) is 0 Å². The van der Waals surface area contributed by atoms with Gasteiger partial charge in [-0.1, -0.05) is 37.3 Å². The van der Waals surface area contributed by atoms with Gasteiger partial charge in [0.05, 0.1) is 12.7 Å². The average molecular weight is 361 g/mol. The monoisotopic (exact) mass is 361 g/mol. The SMILES string of the molecule is CCc1ccc(CN(Cc2cccnc2)C(=O)c2ccc(OC)nc2)cc1. The largest absolute Gasteiger partial charge is 0.481 e. The molecule has 0 aliphatic rings. The highest BCUT2D eigenvalue weighted by molar-refractivity contribution is 5.93. The molecule has 0 fully saturated rings. The van der Waals surface area contributed by atoms with Crippen LogP contribution in [0.5, 0.6) is 5.88 Å². The van der Waals surface area contributed by atoms with E-state index in [0.29, 0.717) is 24.5 Å². The van der Waals surface area contributed by atoms with Gasteiger partial charge in [-0.15, -0.1) is 0 Å². The molecule has 0 radical (unpaired) electrons. The van der Waals surface area contributed by atoms with Gasteiger partial charge in [-0.05, 0) is 35.2 Å². The second-order valence-corrected chi connectivity index (χ2v) is 6.28. The van der Waals surface area contributed by atoms with Crippen molar-refractivity contribution in [2.45, 2.75) is 26.4 Å². The summed E-state index contributed by atoms with van der Waals surface area (Å²) in [4.78, 5) is 23.2. The van der Waals surface area contributed by atoms with Crippen molar-refractivity contribution in [2.75, 3.05) is 7.11 Å². The van der Waals surface area contributed by atoms with Gasteiger partial charge in [0, 0.05) is 37.7 Å². The molecule has 0 aliphatic heterocycles. The summed E-state index contributed by atoms with van der Waals surface area (Å²) in [7, 11) is 1.55. The maximum atomic E-state index is 13.1. The predicted octanol–water partition coefficient (Wildman–Crippen LogP) is 3.89. The zero-order chi connectivity index (χ0) is 19.1. The topological polar surface area (TPSA) is 55.3 Å². The number of methoxy groups -OCH3 is 1. The number of carbonyl (C=O) groups excluding carboxylic acids is 1. The van der Waals surface area contributed by atoms with E-state index in [2.05, 4.69) is 41.2 Å². The summed E-state index contributed by atoms with van der Waals surface area (Å²) >= 11 is 0. The Morgan fingerprint density at radius 2 is 1.70 bits per heavy atom. The number of aromatic nitrogens is 2. The Hall–Kier alpha value is -3.21. The fraction of sp³-hybridized carbons (Fsp3) is 0.227. The van der Waals surface area contributed by atoms with Crippen LogP contribution >= 0.6 is 0 Å². The average Bonchev–Trinajstić information content (AvgIpc) is 2.74. The van der Waals surface area contributed by atoms with Gasteiger partial charge >= 0.3 is 0 Å². The van der Waals surface area contributed by atoms with Crippen LogP contribution in [-0.4, -0.2) is 27.9 Å². The maximum absolute atomic E-state index is 13.1. The number of ether oxygens (including phenoxy) is 1. The summed E-state index contributed by atoms with van der Waals surface area (Å²) in [5, 5.41) is 0. The minimum atomic E-state index is -0.0754. The van der Waals surface area contributed by atoms with Crippen molar-refractivity contribution in [3.63, 3.8) is 0 Å². The summed E-state index contributed by atoms with van der Waals surface area (Å²) < 4.78 is 5.08.